The quantitative estimate of drug-likeness (QED) is 0.695. The third kappa shape index (κ3) is 1.54. The van der Waals surface area contributed by atoms with Gasteiger partial charge in [-0.05, 0) is 12.1 Å². The fourth-order valence-electron chi connectivity index (χ4n) is 1.64. The summed E-state index contributed by atoms with van der Waals surface area (Å²) in [4.78, 5) is 5.76. The van der Waals surface area contributed by atoms with Gasteiger partial charge in [0, 0.05) is 11.2 Å². The maximum Gasteiger partial charge on any atom is 0.325 e. The van der Waals surface area contributed by atoms with Crippen LogP contribution in [0.4, 0.5) is 8.78 Å². The number of rotatable bonds is 1. The molecule has 0 unspecified atom stereocenters. The highest BCUT2D eigenvalue weighted by atomic mass is 19.2. The van der Waals surface area contributed by atoms with Crippen molar-refractivity contribution in [2.45, 2.75) is 0 Å². The fourth-order valence-corrected chi connectivity index (χ4v) is 1.64. The molecule has 2 aromatic heterocycles. The number of hydrogen-bond acceptors (Lipinski definition) is 2. The molecule has 4 nitrogen and oxygen atoms in total. The molecule has 0 radical (unpaired) electrons. The number of H-pyrrole nitrogens is 2. The number of aromatic nitrogens is 4. The number of hydrogen-bond donors (Lipinski definition) is 1. The van der Waals surface area contributed by atoms with Gasteiger partial charge in [-0.1, -0.05) is 11.2 Å². The van der Waals surface area contributed by atoms with Crippen molar-refractivity contribution in [3.05, 3.63) is 42.1 Å². The first kappa shape index (κ1) is 9.83. The molecule has 0 fully saturated rings. The Kier molecular flexibility index (Phi) is 2.07. The molecule has 0 aliphatic heterocycles. The van der Waals surface area contributed by atoms with Crippen LogP contribution in [0.1, 0.15) is 0 Å². The van der Waals surface area contributed by atoms with E-state index in [9.17, 15) is 8.78 Å². The average Bonchev–Trinajstić information content (AvgIpc) is 2.76. The Hall–Kier alpha value is -2.37. The molecule has 6 heteroatoms. The number of imidazole rings is 1. The molecule has 0 amide bonds. The zero-order chi connectivity index (χ0) is 11.8. The predicted octanol–water partition coefficient (Wildman–Crippen LogP) is 1.72. The van der Waals surface area contributed by atoms with Crippen LogP contribution in [0, 0.1) is 11.6 Å². The smallest absolute Gasteiger partial charge is 0.267 e. The van der Waals surface area contributed by atoms with E-state index in [2.05, 4.69) is 20.2 Å². The van der Waals surface area contributed by atoms with Crippen molar-refractivity contribution in [3.8, 4) is 11.4 Å². The van der Waals surface area contributed by atoms with E-state index in [1.54, 1.807) is 6.07 Å². The van der Waals surface area contributed by atoms with E-state index in [0.717, 1.165) is 6.07 Å². The van der Waals surface area contributed by atoms with Crippen molar-refractivity contribution in [2.75, 3.05) is 0 Å². The van der Waals surface area contributed by atoms with Crippen LogP contribution in [-0.4, -0.2) is 15.2 Å². The third-order valence-electron chi connectivity index (χ3n) is 2.44. The highest BCUT2D eigenvalue weighted by Crippen LogP contribution is 2.20. The molecule has 3 rings (SSSR count). The molecule has 0 aliphatic carbocycles. The summed E-state index contributed by atoms with van der Waals surface area (Å²) in [6.45, 7) is 0. The van der Waals surface area contributed by atoms with Crippen molar-refractivity contribution in [1.29, 1.82) is 0 Å². The van der Waals surface area contributed by atoms with Crippen LogP contribution in [0.3, 0.4) is 0 Å². The molecular weight excluding hydrogens is 226 g/mol. The van der Waals surface area contributed by atoms with Gasteiger partial charge in [0.2, 0.25) is 5.82 Å². The molecule has 0 bridgehead atoms. The normalized spacial score (nSPS) is 10.9. The van der Waals surface area contributed by atoms with Gasteiger partial charge < -0.3 is 0 Å². The Labute approximate surface area is 94.3 Å². The maximum absolute atomic E-state index is 13.6. The van der Waals surface area contributed by atoms with E-state index in [1.807, 2.05) is 0 Å². The Morgan fingerprint density at radius 3 is 2.88 bits per heavy atom. The van der Waals surface area contributed by atoms with Gasteiger partial charge in [0.05, 0.1) is 11.8 Å². The van der Waals surface area contributed by atoms with E-state index >= 15 is 0 Å². The van der Waals surface area contributed by atoms with Crippen molar-refractivity contribution >= 4 is 11.2 Å². The summed E-state index contributed by atoms with van der Waals surface area (Å²) in [7, 11) is 0. The molecule has 17 heavy (non-hydrogen) atoms. The number of nitrogens with zero attached hydrogens (tertiary/aromatic N) is 2. The van der Waals surface area contributed by atoms with Gasteiger partial charge in [-0.2, -0.15) is 0 Å². The number of fused-ring (bicyclic) bond motifs is 1. The number of halogens is 2. The Bertz CT molecular complexity index is 660. The molecule has 2 N–H and O–H groups in total. The standard InChI is InChI=1S/C11H6F2N4/c12-7-3-1-2-6(9(7)13)10-15-8-4-5-14-17-11(8)16-10/h1-5H,(H,15,16,17)/p+1. The average molecular weight is 233 g/mol. The predicted molar refractivity (Wildman–Crippen MR) is 55.8 cm³/mol. The molecule has 0 saturated carbocycles. The summed E-state index contributed by atoms with van der Waals surface area (Å²) in [6.07, 6.45) is 1.51. The van der Waals surface area contributed by atoms with Crippen LogP contribution in [0.25, 0.3) is 22.6 Å². The lowest BCUT2D eigenvalue weighted by atomic mass is 10.2. The zero-order valence-electron chi connectivity index (χ0n) is 8.54. The minimum atomic E-state index is -0.900. The highest BCUT2D eigenvalue weighted by molar-refractivity contribution is 5.69. The molecule has 0 saturated heterocycles. The molecule has 2 heterocycles. The lowest BCUT2D eigenvalue weighted by molar-refractivity contribution is -0.334. The monoisotopic (exact) mass is 233 g/mol. The van der Waals surface area contributed by atoms with Gasteiger partial charge in [0.25, 0.3) is 0 Å². The lowest BCUT2D eigenvalue weighted by Crippen LogP contribution is -2.06. The van der Waals surface area contributed by atoms with Crippen molar-refractivity contribution in [3.63, 3.8) is 0 Å². The topological polar surface area (TPSA) is 55.7 Å². The lowest BCUT2D eigenvalue weighted by Gasteiger charge is -1.96. The number of benzene rings is 1. The van der Waals surface area contributed by atoms with Crippen LogP contribution in [0.5, 0.6) is 0 Å². The van der Waals surface area contributed by atoms with Gasteiger partial charge in [0.1, 0.15) is 0 Å². The maximum atomic E-state index is 13.6. The highest BCUT2D eigenvalue weighted by Gasteiger charge is 2.17. The summed E-state index contributed by atoms with van der Waals surface area (Å²) in [5.41, 5.74) is 1.30. The van der Waals surface area contributed by atoms with Crippen molar-refractivity contribution < 1.29 is 13.8 Å². The second-order valence-corrected chi connectivity index (χ2v) is 3.52. The van der Waals surface area contributed by atoms with Crippen molar-refractivity contribution in [2.24, 2.45) is 0 Å². The molecule has 0 atom stereocenters. The number of aromatic amines is 2. The number of nitrogens with one attached hydrogen (secondary N) is 2. The van der Waals surface area contributed by atoms with Crippen LogP contribution < -0.4 is 4.98 Å². The second kappa shape index (κ2) is 3.58. The molecule has 3 aromatic rings. The SMILES string of the molecule is Fc1cccc(-c2[nH]c3ccnnc3[nH+]2)c1F. The Morgan fingerprint density at radius 1 is 1.18 bits per heavy atom. The third-order valence-corrected chi connectivity index (χ3v) is 2.44. The Morgan fingerprint density at radius 2 is 2.06 bits per heavy atom. The first-order valence-corrected chi connectivity index (χ1v) is 4.93. The van der Waals surface area contributed by atoms with Gasteiger partial charge in [0.15, 0.2) is 17.2 Å². The van der Waals surface area contributed by atoms with Crippen molar-refractivity contribution in [1.82, 2.24) is 15.2 Å². The zero-order valence-corrected chi connectivity index (χ0v) is 8.54. The minimum Gasteiger partial charge on any atom is -0.267 e. The van der Waals surface area contributed by atoms with E-state index in [4.69, 9.17) is 0 Å². The minimum absolute atomic E-state index is 0.128. The molecular formula is C11H7F2N4+. The van der Waals surface area contributed by atoms with Crippen LogP contribution in [0.2, 0.25) is 0 Å². The molecule has 1 aromatic carbocycles. The summed E-state index contributed by atoms with van der Waals surface area (Å²) < 4.78 is 26.7. The van der Waals surface area contributed by atoms with Gasteiger partial charge in [-0.25, -0.2) is 13.8 Å². The van der Waals surface area contributed by atoms with Crippen LogP contribution in [-0.2, 0) is 0 Å². The van der Waals surface area contributed by atoms with E-state index in [1.165, 1.54) is 18.3 Å². The van der Waals surface area contributed by atoms with E-state index in [-0.39, 0.29) is 5.56 Å². The van der Waals surface area contributed by atoms with Crippen LogP contribution >= 0.6 is 0 Å². The van der Waals surface area contributed by atoms with Gasteiger partial charge in [-0.3, -0.25) is 4.98 Å². The molecule has 0 spiro atoms. The summed E-state index contributed by atoms with van der Waals surface area (Å²) in [6, 6.07) is 5.69. The van der Waals surface area contributed by atoms with Gasteiger partial charge in [-0.15, -0.1) is 0 Å². The fraction of sp³-hybridized carbons (Fsp3) is 0. The molecule has 0 aliphatic rings. The molecule has 84 valence electrons. The first-order chi connectivity index (χ1) is 8.25. The summed E-state index contributed by atoms with van der Waals surface area (Å²) in [5.74, 6) is -1.43. The summed E-state index contributed by atoms with van der Waals surface area (Å²) in [5, 5.41) is 7.52. The summed E-state index contributed by atoms with van der Waals surface area (Å²) >= 11 is 0. The van der Waals surface area contributed by atoms with Crippen LogP contribution in [0.15, 0.2) is 30.5 Å². The largest absolute Gasteiger partial charge is 0.325 e. The second-order valence-electron chi connectivity index (χ2n) is 3.52. The van der Waals surface area contributed by atoms with E-state index in [0.29, 0.717) is 17.0 Å². The van der Waals surface area contributed by atoms with Gasteiger partial charge >= 0.3 is 5.65 Å². The first-order valence-electron chi connectivity index (χ1n) is 4.93. The van der Waals surface area contributed by atoms with E-state index < -0.39 is 11.6 Å². The Balaban J connectivity index is 2.24.